The smallest absolute Gasteiger partial charge is 0.239 e. The van der Waals surface area contributed by atoms with E-state index in [1.54, 1.807) is 0 Å². The van der Waals surface area contributed by atoms with E-state index in [4.69, 9.17) is 0 Å². The molecule has 1 atom stereocenters. The molecule has 1 unspecified atom stereocenters. The van der Waals surface area contributed by atoms with Crippen LogP contribution in [0.2, 0.25) is 0 Å². The molecule has 4 heteroatoms. The van der Waals surface area contributed by atoms with Gasteiger partial charge in [-0.25, -0.2) is 0 Å². The van der Waals surface area contributed by atoms with Crippen LogP contribution in [0.25, 0.3) is 0 Å². The predicted molar refractivity (Wildman–Crippen MR) is 99.4 cm³/mol. The molecule has 2 N–H and O–H groups in total. The number of para-hydroxylation sites is 2. The quantitative estimate of drug-likeness (QED) is 0.904. The lowest BCUT2D eigenvalue weighted by Gasteiger charge is -2.41. The van der Waals surface area contributed by atoms with Crippen LogP contribution < -0.4 is 15.5 Å². The lowest BCUT2D eigenvalue weighted by molar-refractivity contribution is -0.120. The van der Waals surface area contributed by atoms with Crippen LogP contribution in [0.4, 0.5) is 11.4 Å². The molecular formula is C20H25N3O. The highest BCUT2D eigenvalue weighted by atomic mass is 16.2. The van der Waals surface area contributed by atoms with Gasteiger partial charge in [0.1, 0.15) is 0 Å². The van der Waals surface area contributed by atoms with E-state index in [0.29, 0.717) is 6.54 Å². The molecule has 0 radical (unpaired) electrons. The Morgan fingerprint density at radius 3 is 2.58 bits per heavy atom. The van der Waals surface area contributed by atoms with Crippen molar-refractivity contribution in [2.45, 2.75) is 32.4 Å². The van der Waals surface area contributed by atoms with Crippen LogP contribution in [0.3, 0.4) is 0 Å². The van der Waals surface area contributed by atoms with Crippen molar-refractivity contribution in [3.63, 3.8) is 0 Å². The van der Waals surface area contributed by atoms with Crippen LogP contribution in [0.1, 0.15) is 32.4 Å². The first kappa shape index (κ1) is 16.4. The average molecular weight is 323 g/mol. The largest absolute Gasteiger partial charge is 0.377 e. The van der Waals surface area contributed by atoms with Crippen LogP contribution in [0, 0.1) is 0 Å². The monoisotopic (exact) mass is 323 g/mol. The highest BCUT2D eigenvalue weighted by Crippen LogP contribution is 2.33. The molecule has 0 saturated heterocycles. The first-order chi connectivity index (χ1) is 11.4. The van der Waals surface area contributed by atoms with E-state index in [2.05, 4.69) is 41.5 Å². The third kappa shape index (κ3) is 3.70. The Hall–Kier alpha value is -2.49. The van der Waals surface area contributed by atoms with Crippen molar-refractivity contribution < 1.29 is 4.79 Å². The predicted octanol–water partition coefficient (Wildman–Crippen LogP) is 3.57. The van der Waals surface area contributed by atoms with E-state index < -0.39 is 0 Å². The van der Waals surface area contributed by atoms with Crippen molar-refractivity contribution in [3.8, 4) is 0 Å². The molecule has 126 valence electrons. The standard InChI is InChI=1S/C20H25N3O/c1-15(16-9-5-4-6-10-16)21-19(24)13-23-14-20(2,3)22-17-11-7-8-12-18(17)23/h4-12,15,22H,13-14H2,1-3H3,(H,21,24). The number of rotatable bonds is 4. The first-order valence-corrected chi connectivity index (χ1v) is 8.41. The SMILES string of the molecule is CC(NC(=O)CN1CC(C)(C)Nc2ccccc21)c1ccccc1. The minimum Gasteiger partial charge on any atom is -0.377 e. The van der Waals surface area contributed by atoms with E-state index in [1.807, 2.05) is 49.4 Å². The fourth-order valence-corrected chi connectivity index (χ4v) is 3.25. The second-order valence-electron chi connectivity index (χ2n) is 7.08. The Morgan fingerprint density at radius 2 is 1.83 bits per heavy atom. The van der Waals surface area contributed by atoms with E-state index in [9.17, 15) is 4.79 Å². The van der Waals surface area contributed by atoms with E-state index in [1.165, 1.54) is 0 Å². The van der Waals surface area contributed by atoms with Gasteiger partial charge in [0.15, 0.2) is 0 Å². The summed E-state index contributed by atoms with van der Waals surface area (Å²) in [6, 6.07) is 18.2. The second kappa shape index (κ2) is 6.56. The highest BCUT2D eigenvalue weighted by Gasteiger charge is 2.30. The summed E-state index contributed by atoms with van der Waals surface area (Å²) in [6.07, 6.45) is 0. The Balaban J connectivity index is 1.70. The first-order valence-electron chi connectivity index (χ1n) is 8.41. The van der Waals surface area contributed by atoms with Crippen LogP contribution in [0.15, 0.2) is 54.6 Å². The molecule has 24 heavy (non-hydrogen) atoms. The molecule has 1 heterocycles. The zero-order chi connectivity index (χ0) is 17.2. The third-order valence-electron chi connectivity index (χ3n) is 4.32. The Kier molecular flexibility index (Phi) is 4.47. The summed E-state index contributed by atoms with van der Waals surface area (Å²) in [4.78, 5) is 14.7. The molecule has 4 nitrogen and oxygen atoms in total. The molecule has 3 rings (SSSR count). The van der Waals surface area contributed by atoms with Gasteiger partial charge in [-0.3, -0.25) is 4.79 Å². The zero-order valence-electron chi connectivity index (χ0n) is 14.5. The minimum atomic E-state index is -0.0698. The maximum atomic E-state index is 12.5. The van der Waals surface area contributed by atoms with Crippen LogP contribution >= 0.6 is 0 Å². The average Bonchev–Trinajstić information content (AvgIpc) is 2.54. The molecule has 0 spiro atoms. The zero-order valence-corrected chi connectivity index (χ0v) is 14.5. The summed E-state index contributed by atoms with van der Waals surface area (Å²) in [7, 11) is 0. The van der Waals surface area contributed by atoms with Crippen LogP contribution in [0.5, 0.6) is 0 Å². The number of carbonyl (C=O) groups excluding carboxylic acids is 1. The van der Waals surface area contributed by atoms with Gasteiger partial charge >= 0.3 is 0 Å². The number of nitrogens with one attached hydrogen (secondary N) is 2. The lowest BCUT2D eigenvalue weighted by atomic mass is 9.99. The van der Waals surface area contributed by atoms with E-state index in [0.717, 1.165) is 23.5 Å². The maximum absolute atomic E-state index is 12.5. The van der Waals surface area contributed by atoms with Crippen molar-refractivity contribution in [1.29, 1.82) is 0 Å². The van der Waals surface area contributed by atoms with Crippen LogP contribution in [-0.2, 0) is 4.79 Å². The highest BCUT2D eigenvalue weighted by molar-refractivity contribution is 5.84. The third-order valence-corrected chi connectivity index (χ3v) is 4.32. The van der Waals surface area contributed by atoms with Gasteiger partial charge in [-0.15, -0.1) is 0 Å². The molecule has 0 fully saturated rings. The molecule has 0 aliphatic carbocycles. The molecule has 1 aliphatic heterocycles. The van der Waals surface area contributed by atoms with Gasteiger partial charge in [0.25, 0.3) is 0 Å². The maximum Gasteiger partial charge on any atom is 0.239 e. The van der Waals surface area contributed by atoms with E-state index >= 15 is 0 Å². The topological polar surface area (TPSA) is 44.4 Å². The summed E-state index contributed by atoms with van der Waals surface area (Å²) in [5, 5.41) is 6.63. The van der Waals surface area contributed by atoms with Gasteiger partial charge < -0.3 is 15.5 Å². The molecule has 2 aromatic carbocycles. The molecule has 2 aromatic rings. The van der Waals surface area contributed by atoms with Crippen molar-refractivity contribution in [2.24, 2.45) is 0 Å². The van der Waals surface area contributed by atoms with Crippen LogP contribution in [-0.4, -0.2) is 24.5 Å². The van der Waals surface area contributed by atoms with Gasteiger partial charge in [-0.1, -0.05) is 42.5 Å². The summed E-state index contributed by atoms with van der Waals surface area (Å²) in [5.41, 5.74) is 3.21. The van der Waals surface area contributed by atoms with Gasteiger partial charge in [0.05, 0.1) is 24.0 Å². The number of nitrogens with zero attached hydrogens (tertiary/aromatic N) is 1. The molecule has 0 aromatic heterocycles. The summed E-state index contributed by atoms with van der Waals surface area (Å²) in [6.45, 7) is 7.47. The fraction of sp³-hybridized carbons (Fsp3) is 0.350. The van der Waals surface area contributed by atoms with Crippen molar-refractivity contribution in [3.05, 3.63) is 60.2 Å². The number of carbonyl (C=O) groups is 1. The summed E-state index contributed by atoms with van der Waals surface area (Å²) >= 11 is 0. The lowest BCUT2D eigenvalue weighted by Crippen LogP contribution is -2.51. The second-order valence-corrected chi connectivity index (χ2v) is 7.08. The van der Waals surface area contributed by atoms with Gasteiger partial charge in [-0.2, -0.15) is 0 Å². The van der Waals surface area contributed by atoms with Crippen molar-refractivity contribution in [1.82, 2.24) is 5.32 Å². The molecule has 1 amide bonds. The Labute approximate surface area is 143 Å². The Morgan fingerprint density at radius 1 is 1.17 bits per heavy atom. The number of hydrogen-bond acceptors (Lipinski definition) is 3. The van der Waals surface area contributed by atoms with Gasteiger partial charge in [0.2, 0.25) is 5.91 Å². The number of fused-ring (bicyclic) bond motifs is 1. The molecule has 1 aliphatic rings. The van der Waals surface area contributed by atoms with E-state index in [-0.39, 0.29) is 17.5 Å². The fourth-order valence-electron chi connectivity index (χ4n) is 3.25. The normalized spacial score (nSPS) is 16.7. The van der Waals surface area contributed by atoms with Gasteiger partial charge in [0, 0.05) is 12.1 Å². The molecular weight excluding hydrogens is 298 g/mol. The number of hydrogen-bond donors (Lipinski definition) is 2. The Bertz CT molecular complexity index is 712. The van der Waals surface area contributed by atoms with Crippen molar-refractivity contribution >= 4 is 17.3 Å². The number of amides is 1. The summed E-state index contributed by atoms with van der Waals surface area (Å²) < 4.78 is 0. The minimum absolute atomic E-state index is 0.00451. The molecule has 0 bridgehead atoms. The number of anilines is 2. The van der Waals surface area contributed by atoms with Crippen molar-refractivity contribution in [2.75, 3.05) is 23.3 Å². The summed E-state index contributed by atoms with van der Waals surface area (Å²) in [5.74, 6) is 0.0406. The molecule has 0 saturated carbocycles. The van der Waals surface area contributed by atoms with Gasteiger partial charge in [-0.05, 0) is 38.5 Å². The number of benzene rings is 2.